The first-order valence-electron chi connectivity index (χ1n) is 5.00. The van der Waals surface area contributed by atoms with Gasteiger partial charge in [0.25, 0.3) is 0 Å². The third kappa shape index (κ3) is 1.89. The van der Waals surface area contributed by atoms with E-state index in [2.05, 4.69) is 0 Å². The van der Waals surface area contributed by atoms with Crippen LogP contribution in [0.15, 0.2) is 0 Å². The molecule has 15 heavy (non-hydrogen) atoms. The monoisotopic (exact) mass is 220 g/mol. The second kappa shape index (κ2) is 4.32. The highest BCUT2D eigenvalue weighted by atomic mass is 16.6. The first-order valence-corrected chi connectivity index (χ1v) is 5.00. The van der Waals surface area contributed by atoms with Crippen LogP contribution in [0.4, 0.5) is 0 Å². The van der Waals surface area contributed by atoms with E-state index in [1.165, 1.54) is 0 Å². The molecule has 6 nitrogen and oxygen atoms in total. The lowest BCUT2D eigenvalue weighted by atomic mass is 9.96. The van der Waals surface area contributed by atoms with Crippen LogP contribution in [0.5, 0.6) is 0 Å². The van der Waals surface area contributed by atoms with Gasteiger partial charge in [0.05, 0.1) is 33.0 Å². The van der Waals surface area contributed by atoms with E-state index in [1.54, 1.807) is 0 Å². The lowest BCUT2D eigenvalue weighted by Gasteiger charge is -2.29. The molecule has 2 rings (SSSR count). The Morgan fingerprint density at radius 2 is 1.73 bits per heavy atom. The highest BCUT2D eigenvalue weighted by molar-refractivity contribution is 5.02. The van der Waals surface area contributed by atoms with Crippen LogP contribution in [0.1, 0.15) is 0 Å². The molecule has 0 aromatic heterocycles. The number of hydrogen-bond acceptors (Lipinski definition) is 6. The summed E-state index contributed by atoms with van der Waals surface area (Å²) in [6.45, 7) is 0.888. The van der Waals surface area contributed by atoms with Crippen molar-refractivity contribution >= 4 is 0 Å². The second-order valence-electron chi connectivity index (χ2n) is 3.94. The Hall–Kier alpha value is -0.240. The first-order chi connectivity index (χ1) is 7.19. The van der Waals surface area contributed by atoms with Crippen LogP contribution in [-0.2, 0) is 14.2 Å². The molecule has 0 bridgehead atoms. The molecule has 2 aliphatic heterocycles. The molecule has 0 radical (unpaired) electrons. The van der Waals surface area contributed by atoms with E-state index >= 15 is 0 Å². The zero-order valence-corrected chi connectivity index (χ0v) is 8.33. The van der Waals surface area contributed by atoms with E-state index in [0.29, 0.717) is 13.2 Å². The molecule has 1 spiro atoms. The lowest BCUT2D eigenvalue weighted by Crippen LogP contribution is -2.49. The fourth-order valence-electron chi connectivity index (χ4n) is 1.99. The van der Waals surface area contributed by atoms with Crippen LogP contribution in [0.25, 0.3) is 0 Å². The maximum absolute atomic E-state index is 9.85. The quantitative estimate of drug-likeness (QED) is 0.468. The Labute approximate surface area is 87.4 Å². The fourth-order valence-corrected chi connectivity index (χ4v) is 1.99. The third-order valence-electron chi connectivity index (χ3n) is 2.87. The van der Waals surface area contributed by atoms with Crippen LogP contribution in [0.3, 0.4) is 0 Å². The highest BCUT2D eigenvalue weighted by Crippen LogP contribution is 2.32. The third-order valence-corrected chi connectivity index (χ3v) is 2.87. The van der Waals surface area contributed by atoms with Crippen molar-refractivity contribution in [3.63, 3.8) is 0 Å². The van der Waals surface area contributed by atoms with Gasteiger partial charge < -0.3 is 29.5 Å². The van der Waals surface area contributed by atoms with Gasteiger partial charge in [0, 0.05) is 0 Å². The zero-order chi connectivity index (χ0) is 10.9. The summed E-state index contributed by atoms with van der Waals surface area (Å²) in [4.78, 5) is 0. The van der Waals surface area contributed by atoms with E-state index in [0.717, 1.165) is 0 Å². The lowest BCUT2D eigenvalue weighted by molar-refractivity contribution is -0.140. The molecule has 2 saturated heterocycles. The smallest absolute Gasteiger partial charge is 0.143 e. The Kier molecular flexibility index (Phi) is 3.24. The summed E-state index contributed by atoms with van der Waals surface area (Å²) in [5.41, 5.74) is -1.04. The molecule has 3 atom stereocenters. The summed E-state index contributed by atoms with van der Waals surface area (Å²) in [7, 11) is 0. The van der Waals surface area contributed by atoms with Gasteiger partial charge in [0.15, 0.2) is 0 Å². The van der Waals surface area contributed by atoms with E-state index in [4.69, 9.17) is 19.3 Å². The predicted molar refractivity (Wildman–Crippen MR) is 48.3 cm³/mol. The largest absolute Gasteiger partial charge is 0.394 e. The Bertz CT molecular complexity index is 213. The van der Waals surface area contributed by atoms with E-state index < -0.39 is 23.9 Å². The van der Waals surface area contributed by atoms with Crippen LogP contribution in [0, 0.1) is 0 Å². The van der Waals surface area contributed by atoms with Gasteiger partial charge in [-0.15, -0.1) is 0 Å². The fraction of sp³-hybridized carbons (Fsp3) is 1.00. The van der Waals surface area contributed by atoms with Crippen molar-refractivity contribution in [3.8, 4) is 0 Å². The Morgan fingerprint density at radius 1 is 1.13 bits per heavy atom. The molecule has 0 aromatic carbocycles. The number of rotatable bonds is 1. The molecule has 88 valence electrons. The van der Waals surface area contributed by atoms with Crippen LogP contribution in [-0.4, -0.2) is 72.3 Å². The minimum Gasteiger partial charge on any atom is -0.394 e. The standard InChI is InChI=1S/C9H16O6/c10-3-6-7(11)8(12)9(15-6)4-13-1-2-14-5-9/h6-8,10-12H,1-5H2. The van der Waals surface area contributed by atoms with Gasteiger partial charge in [-0.1, -0.05) is 0 Å². The molecule has 3 N–H and O–H groups in total. The Morgan fingerprint density at radius 3 is 2.20 bits per heavy atom. The van der Waals surface area contributed by atoms with Gasteiger partial charge in [0.2, 0.25) is 0 Å². The molecule has 0 saturated carbocycles. The van der Waals surface area contributed by atoms with Crippen molar-refractivity contribution in [2.75, 3.05) is 33.0 Å². The summed E-state index contributed by atoms with van der Waals surface area (Å²) in [6.07, 6.45) is -2.96. The summed E-state index contributed by atoms with van der Waals surface area (Å²) >= 11 is 0. The number of hydrogen-bond donors (Lipinski definition) is 3. The van der Waals surface area contributed by atoms with Crippen LogP contribution >= 0.6 is 0 Å². The Balaban J connectivity index is 2.13. The number of aliphatic hydroxyl groups is 3. The molecule has 6 heteroatoms. The number of aliphatic hydroxyl groups excluding tert-OH is 3. The van der Waals surface area contributed by atoms with Crippen molar-refractivity contribution in [3.05, 3.63) is 0 Å². The minimum absolute atomic E-state index is 0.168. The summed E-state index contributed by atoms with van der Waals surface area (Å²) in [5.74, 6) is 0. The summed E-state index contributed by atoms with van der Waals surface area (Å²) < 4.78 is 15.9. The average molecular weight is 220 g/mol. The molecular formula is C9H16O6. The molecule has 2 aliphatic rings. The molecular weight excluding hydrogens is 204 g/mol. The SMILES string of the molecule is OCC1OC2(COCCOC2)C(O)C1O. The molecule has 2 fully saturated rings. The van der Waals surface area contributed by atoms with E-state index in [9.17, 15) is 10.2 Å². The van der Waals surface area contributed by atoms with E-state index in [1.807, 2.05) is 0 Å². The van der Waals surface area contributed by atoms with Gasteiger partial charge in [-0.2, -0.15) is 0 Å². The van der Waals surface area contributed by atoms with Crippen molar-refractivity contribution in [2.45, 2.75) is 23.9 Å². The molecule has 3 unspecified atom stereocenters. The molecule has 0 aromatic rings. The van der Waals surface area contributed by atoms with Crippen molar-refractivity contribution in [1.82, 2.24) is 0 Å². The van der Waals surface area contributed by atoms with Crippen molar-refractivity contribution < 1.29 is 29.5 Å². The van der Waals surface area contributed by atoms with Gasteiger partial charge in [-0.25, -0.2) is 0 Å². The number of ether oxygens (including phenoxy) is 3. The minimum atomic E-state index is -1.10. The maximum atomic E-state index is 9.85. The summed E-state index contributed by atoms with van der Waals surface area (Å²) in [5, 5.41) is 28.4. The van der Waals surface area contributed by atoms with Crippen LogP contribution < -0.4 is 0 Å². The normalized spacial score (nSPS) is 40.6. The summed E-state index contributed by atoms with van der Waals surface area (Å²) in [6, 6.07) is 0. The maximum Gasteiger partial charge on any atom is 0.143 e. The predicted octanol–water partition coefficient (Wildman–Crippen LogP) is -2.12. The highest BCUT2D eigenvalue weighted by Gasteiger charge is 2.54. The average Bonchev–Trinajstić information content (AvgIpc) is 2.47. The topological polar surface area (TPSA) is 88.4 Å². The van der Waals surface area contributed by atoms with Gasteiger partial charge in [-0.3, -0.25) is 0 Å². The molecule has 2 heterocycles. The van der Waals surface area contributed by atoms with Crippen molar-refractivity contribution in [1.29, 1.82) is 0 Å². The zero-order valence-electron chi connectivity index (χ0n) is 8.33. The van der Waals surface area contributed by atoms with Gasteiger partial charge in [0.1, 0.15) is 23.9 Å². The van der Waals surface area contributed by atoms with Crippen LogP contribution in [0.2, 0.25) is 0 Å². The van der Waals surface area contributed by atoms with E-state index in [-0.39, 0.29) is 19.8 Å². The first kappa shape index (κ1) is 11.3. The molecule has 0 amide bonds. The van der Waals surface area contributed by atoms with Gasteiger partial charge >= 0.3 is 0 Å². The van der Waals surface area contributed by atoms with Crippen molar-refractivity contribution in [2.24, 2.45) is 0 Å². The molecule has 0 aliphatic carbocycles. The second-order valence-corrected chi connectivity index (χ2v) is 3.94. The van der Waals surface area contributed by atoms with Gasteiger partial charge in [-0.05, 0) is 0 Å².